The third-order valence-electron chi connectivity index (χ3n) is 1.58. The molecule has 1 aliphatic rings. The summed E-state index contributed by atoms with van der Waals surface area (Å²) in [6, 6.07) is 0. The summed E-state index contributed by atoms with van der Waals surface area (Å²) < 4.78 is 12.3. The molecule has 1 nitrogen and oxygen atoms in total. The molecule has 0 N–H and O–H groups in total. The Morgan fingerprint density at radius 2 is 2.25 bits per heavy atom. The van der Waals surface area contributed by atoms with Crippen LogP contribution in [0.1, 0.15) is 19.3 Å². The second kappa shape index (κ2) is 2.25. The number of hydrogen-bond acceptors (Lipinski definition) is 1. The normalized spacial score (nSPS) is 37.6. The Kier molecular flexibility index (Phi) is 1.61. The molecular weight excluding hydrogens is 107 g/mol. The molecule has 1 aliphatic carbocycles. The molecule has 0 aromatic rings. The number of rotatable bonds is 1. The summed E-state index contributed by atoms with van der Waals surface area (Å²) in [5.41, 5.74) is 0. The number of alkyl halides is 1. The first-order valence-corrected chi connectivity index (χ1v) is 2.86. The van der Waals surface area contributed by atoms with E-state index in [-0.39, 0.29) is 0 Å². The van der Waals surface area contributed by atoms with E-state index in [1.807, 2.05) is 0 Å². The molecule has 0 aliphatic heterocycles. The standard InChI is InChI=1S/C6H8FO/c7-6-3-1-2-5(6)4-8/h5-6H,1-3H2. The molecule has 45 valence electrons. The van der Waals surface area contributed by atoms with Crippen molar-refractivity contribution in [3.63, 3.8) is 0 Å². The molecule has 0 bridgehead atoms. The molecule has 0 heterocycles. The molecule has 0 aromatic carbocycles. The highest BCUT2D eigenvalue weighted by Gasteiger charge is 2.26. The van der Waals surface area contributed by atoms with Gasteiger partial charge in [0.15, 0.2) is 0 Å². The highest BCUT2D eigenvalue weighted by atomic mass is 19.1. The monoisotopic (exact) mass is 115 g/mol. The maximum atomic E-state index is 12.3. The summed E-state index contributed by atoms with van der Waals surface area (Å²) in [6.07, 6.45) is 2.90. The van der Waals surface area contributed by atoms with E-state index < -0.39 is 12.1 Å². The van der Waals surface area contributed by atoms with E-state index in [0.717, 1.165) is 6.42 Å². The molecule has 8 heavy (non-hydrogen) atoms. The topological polar surface area (TPSA) is 17.1 Å². The van der Waals surface area contributed by atoms with Crippen LogP contribution in [-0.2, 0) is 4.79 Å². The smallest absolute Gasteiger partial charge is 0.204 e. The first kappa shape index (κ1) is 5.73. The van der Waals surface area contributed by atoms with Gasteiger partial charge in [-0.05, 0) is 19.3 Å². The van der Waals surface area contributed by atoms with E-state index in [9.17, 15) is 9.18 Å². The van der Waals surface area contributed by atoms with Crippen molar-refractivity contribution in [1.82, 2.24) is 0 Å². The zero-order valence-electron chi connectivity index (χ0n) is 4.56. The second-order valence-corrected chi connectivity index (χ2v) is 2.17. The summed E-state index contributed by atoms with van der Waals surface area (Å²) in [4.78, 5) is 9.85. The Balaban J connectivity index is 2.41. The first-order chi connectivity index (χ1) is 3.84. The Labute approximate surface area is 47.9 Å². The lowest BCUT2D eigenvalue weighted by atomic mass is 10.1. The van der Waals surface area contributed by atoms with Crippen LogP contribution >= 0.6 is 0 Å². The van der Waals surface area contributed by atoms with Crippen LogP contribution in [0.15, 0.2) is 0 Å². The van der Waals surface area contributed by atoms with Gasteiger partial charge in [-0.25, -0.2) is 4.39 Å². The molecule has 2 unspecified atom stereocenters. The van der Waals surface area contributed by atoms with Gasteiger partial charge in [0.05, 0.1) is 5.92 Å². The SMILES string of the molecule is O=[C]C1CCCC1F. The predicted molar refractivity (Wildman–Crippen MR) is 27.9 cm³/mol. The van der Waals surface area contributed by atoms with Crippen molar-refractivity contribution in [2.75, 3.05) is 0 Å². The van der Waals surface area contributed by atoms with Crippen molar-refractivity contribution in [3.05, 3.63) is 0 Å². The lowest BCUT2D eigenvalue weighted by molar-refractivity contribution is 0.302. The zero-order chi connectivity index (χ0) is 5.98. The average Bonchev–Trinajstić information content (AvgIpc) is 2.14. The average molecular weight is 115 g/mol. The van der Waals surface area contributed by atoms with E-state index in [1.165, 1.54) is 0 Å². The minimum atomic E-state index is -0.896. The van der Waals surface area contributed by atoms with Gasteiger partial charge in [-0.3, -0.25) is 4.79 Å². The van der Waals surface area contributed by atoms with Gasteiger partial charge in [0, 0.05) is 0 Å². The summed E-state index contributed by atoms with van der Waals surface area (Å²) in [5, 5.41) is 0. The minimum absolute atomic E-state index is 0.407. The molecule has 1 rings (SSSR count). The van der Waals surface area contributed by atoms with Gasteiger partial charge in [0.2, 0.25) is 6.29 Å². The zero-order valence-corrected chi connectivity index (χ0v) is 4.56. The van der Waals surface area contributed by atoms with E-state index in [0.29, 0.717) is 12.8 Å². The number of hydrogen-bond donors (Lipinski definition) is 0. The fraction of sp³-hybridized carbons (Fsp3) is 0.833. The van der Waals surface area contributed by atoms with Crippen LogP contribution in [0.5, 0.6) is 0 Å². The van der Waals surface area contributed by atoms with Crippen LogP contribution < -0.4 is 0 Å². The Morgan fingerprint density at radius 1 is 1.50 bits per heavy atom. The largest absolute Gasteiger partial charge is 0.290 e. The molecule has 1 saturated carbocycles. The van der Waals surface area contributed by atoms with Crippen LogP contribution in [0, 0.1) is 5.92 Å². The highest BCUT2D eigenvalue weighted by Crippen LogP contribution is 2.25. The van der Waals surface area contributed by atoms with Crippen LogP contribution in [0.4, 0.5) is 4.39 Å². The number of halogens is 1. The predicted octanol–water partition coefficient (Wildman–Crippen LogP) is 1.23. The fourth-order valence-corrected chi connectivity index (χ4v) is 1.05. The maximum Gasteiger partial charge on any atom is 0.204 e. The molecule has 1 fully saturated rings. The molecule has 2 heteroatoms. The van der Waals surface area contributed by atoms with E-state index in [2.05, 4.69) is 0 Å². The van der Waals surface area contributed by atoms with E-state index in [4.69, 9.17) is 0 Å². The molecule has 1 radical (unpaired) electrons. The summed E-state index contributed by atoms with van der Waals surface area (Å²) in [7, 11) is 0. The molecule has 2 atom stereocenters. The Bertz CT molecular complexity index is 92.5. The summed E-state index contributed by atoms with van der Waals surface area (Å²) >= 11 is 0. The lowest BCUT2D eigenvalue weighted by Crippen LogP contribution is -2.08. The van der Waals surface area contributed by atoms with E-state index in [1.54, 1.807) is 6.29 Å². The molecule has 0 saturated heterocycles. The molecule has 0 amide bonds. The summed E-state index contributed by atoms with van der Waals surface area (Å²) in [6.45, 7) is 0. The highest BCUT2D eigenvalue weighted by molar-refractivity contribution is 5.55. The van der Waals surface area contributed by atoms with Crippen molar-refractivity contribution in [2.24, 2.45) is 5.92 Å². The van der Waals surface area contributed by atoms with E-state index >= 15 is 0 Å². The fourth-order valence-electron chi connectivity index (χ4n) is 1.05. The van der Waals surface area contributed by atoms with Crippen molar-refractivity contribution in [2.45, 2.75) is 25.4 Å². The van der Waals surface area contributed by atoms with Gasteiger partial charge in [0.25, 0.3) is 0 Å². The molecule has 0 spiro atoms. The Morgan fingerprint density at radius 3 is 2.50 bits per heavy atom. The van der Waals surface area contributed by atoms with Gasteiger partial charge < -0.3 is 0 Å². The second-order valence-electron chi connectivity index (χ2n) is 2.17. The van der Waals surface area contributed by atoms with Crippen molar-refractivity contribution in [1.29, 1.82) is 0 Å². The summed E-state index contributed by atoms with van der Waals surface area (Å²) in [5.74, 6) is -0.407. The van der Waals surface area contributed by atoms with Gasteiger partial charge in [-0.1, -0.05) is 0 Å². The van der Waals surface area contributed by atoms with Crippen LogP contribution in [-0.4, -0.2) is 12.5 Å². The third-order valence-corrected chi connectivity index (χ3v) is 1.58. The van der Waals surface area contributed by atoms with Crippen LogP contribution in [0.25, 0.3) is 0 Å². The van der Waals surface area contributed by atoms with Crippen molar-refractivity contribution < 1.29 is 9.18 Å². The van der Waals surface area contributed by atoms with Crippen molar-refractivity contribution in [3.8, 4) is 0 Å². The van der Waals surface area contributed by atoms with Crippen molar-refractivity contribution >= 4 is 6.29 Å². The minimum Gasteiger partial charge on any atom is -0.290 e. The molecular formula is C6H8FO. The van der Waals surface area contributed by atoms with Gasteiger partial charge in [-0.2, -0.15) is 0 Å². The maximum absolute atomic E-state index is 12.3. The van der Waals surface area contributed by atoms with Crippen LogP contribution in [0.3, 0.4) is 0 Å². The Hall–Kier alpha value is -0.400. The van der Waals surface area contributed by atoms with Gasteiger partial charge in [-0.15, -0.1) is 0 Å². The van der Waals surface area contributed by atoms with Gasteiger partial charge >= 0.3 is 0 Å². The third kappa shape index (κ3) is 0.881. The number of carbonyl (C=O) groups excluding carboxylic acids is 1. The van der Waals surface area contributed by atoms with Gasteiger partial charge in [0.1, 0.15) is 6.17 Å². The molecule has 0 aromatic heterocycles. The quantitative estimate of drug-likeness (QED) is 0.502. The van der Waals surface area contributed by atoms with Crippen LogP contribution in [0.2, 0.25) is 0 Å². The first-order valence-electron chi connectivity index (χ1n) is 2.86. The lowest BCUT2D eigenvalue weighted by Gasteiger charge is -1.98.